The molecule has 0 spiro atoms. The van der Waals surface area contributed by atoms with E-state index in [4.69, 9.17) is 9.15 Å². The highest BCUT2D eigenvalue weighted by Crippen LogP contribution is 2.24. The van der Waals surface area contributed by atoms with Gasteiger partial charge in [0, 0.05) is 20.3 Å². The summed E-state index contributed by atoms with van der Waals surface area (Å²) in [6.07, 6.45) is 0.858. The first-order chi connectivity index (χ1) is 10.6. The monoisotopic (exact) mass is 306 g/mol. The van der Waals surface area contributed by atoms with E-state index in [1.165, 1.54) is 6.07 Å². The molecule has 0 aliphatic carbocycles. The second-order valence-corrected chi connectivity index (χ2v) is 4.87. The Kier molecular flexibility index (Phi) is 5.66. The average Bonchev–Trinajstić information content (AvgIpc) is 2.85. The molecule has 1 amide bonds. The number of carbonyl (C=O) groups excluding carboxylic acids is 1. The van der Waals surface area contributed by atoms with Gasteiger partial charge in [-0.05, 0) is 25.5 Å². The Balaban J connectivity index is 2.01. The van der Waals surface area contributed by atoms with Crippen LogP contribution in [0.3, 0.4) is 0 Å². The second kappa shape index (κ2) is 7.70. The number of benzene rings is 1. The molecule has 5 nitrogen and oxygen atoms in total. The zero-order chi connectivity index (χ0) is 15.9. The van der Waals surface area contributed by atoms with Crippen molar-refractivity contribution in [1.29, 1.82) is 0 Å². The minimum atomic E-state index is -0.403. The van der Waals surface area contributed by atoms with E-state index in [9.17, 15) is 9.18 Å². The summed E-state index contributed by atoms with van der Waals surface area (Å²) in [5.41, 5.74) is 0.805. The minimum absolute atomic E-state index is 0.108. The molecule has 1 N–H and O–H groups in total. The number of halogens is 1. The summed E-state index contributed by atoms with van der Waals surface area (Å²) in [6, 6.07) is 6.25. The molecule has 1 aromatic heterocycles. The fourth-order valence-electron chi connectivity index (χ4n) is 2.00. The van der Waals surface area contributed by atoms with Crippen LogP contribution in [0.5, 0.6) is 0 Å². The van der Waals surface area contributed by atoms with E-state index in [0.717, 1.165) is 6.42 Å². The van der Waals surface area contributed by atoms with E-state index < -0.39 is 5.82 Å². The number of ether oxygens (including phenoxy) is 1. The molecular formula is C16H19FN2O3. The van der Waals surface area contributed by atoms with E-state index >= 15 is 0 Å². The van der Waals surface area contributed by atoms with E-state index in [0.29, 0.717) is 24.6 Å². The molecule has 1 heterocycles. The van der Waals surface area contributed by atoms with Crippen molar-refractivity contribution in [3.05, 3.63) is 41.5 Å². The van der Waals surface area contributed by atoms with Crippen LogP contribution in [0.4, 0.5) is 4.39 Å². The number of hydrogen-bond donors (Lipinski definition) is 1. The third-order valence-electron chi connectivity index (χ3n) is 3.17. The molecule has 2 aromatic rings. The number of aromatic nitrogens is 1. The lowest BCUT2D eigenvalue weighted by molar-refractivity contribution is -0.120. The van der Waals surface area contributed by atoms with Crippen LogP contribution in [0.2, 0.25) is 0 Å². The number of oxazole rings is 1. The zero-order valence-electron chi connectivity index (χ0n) is 12.7. The first kappa shape index (κ1) is 16.2. The molecule has 6 heteroatoms. The quantitative estimate of drug-likeness (QED) is 0.798. The number of methoxy groups -OCH3 is 1. The summed E-state index contributed by atoms with van der Waals surface area (Å²) in [7, 11) is 1.62. The van der Waals surface area contributed by atoms with Gasteiger partial charge in [0.15, 0.2) is 0 Å². The summed E-state index contributed by atoms with van der Waals surface area (Å²) >= 11 is 0. The van der Waals surface area contributed by atoms with Crippen LogP contribution in [0.25, 0.3) is 11.5 Å². The normalized spacial score (nSPS) is 10.7. The van der Waals surface area contributed by atoms with Crippen molar-refractivity contribution in [2.24, 2.45) is 0 Å². The fraction of sp³-hybridized carbons (Fsp3) is 0.375. The molecule has 118 valence electrons. The Morgan fingerprint density at radius 1 is 1.41 bits per heavy atom. The molecule has 0 unspecified atom stereocenters. The lowest BCUT2D eigenvalue weighted by atomic mass is 10.2. The van der Waals surface area contributed by atoms with Gasteiger partial charge >= 0.3 is 0 Å². The summed E-state index contributed by atoms with van der Waals surface area (Å²) in [6.45, 7) is 2.86. The van der Waals surface area contributed by atoms with Gasteiger partial charge < -0.3 is 14.5 Å². The van der Waals surface area contributed by atoms with Gasteiger partial charge in [0.05, 0.1) is 17.7 Å². The maximum atomic E-state index is 13.7. The predicted molar refractivity (Wildman–Crippen MR) is 79.8 cm³/mol. The van der Waals surface area contributed by atoms with Crippen molar-refractivity contribution in [1.82, 2.24) is 10.3 Å². The maximum Gasteiger partial charge on any atom is 0.229 e. The van der Waals surface area contributed by atoms with Crippen molar-refractivity contribution >= 4 is 5.91 Å². The summed E-state index contributed by atoms with van der Waals surface area (Å²) in [4.78, 5) is 16.1. The third kappa shape index (κ3) is 4.14. The number of nitrogens with zero attached hydrogens (tertiary/aromatic N) is 1. The predicted octanol–water partition coefficient (Wildman–Crippen LogP) is 2.48. The smallest absolute Gasteiger partial charge is 0.229 e. The van der Waals surface area contributed by atoms with Crippen LogP contribution in [0.1, 0.15) is 17.9 Å². The van der Waals surface area contributed by atoms with Crippen molar-refractivity contribution in [2.45, 2.75) is 19.8 Å². The van der Waals surface area contributed by atoms with Gasteiger partial charge in [-0.15, -0.1) is 0 Å². The fourth-order valence-corrected chi connectivity index (χ4v) is 2.00. The van der Waals surface area contributed by atoms with Crippen molar-refractivity contribution in [3.8, 4) is 11.5 Å². The molecule has 0 saturated heterocycles. The van der Waals surface area contributed by atoms with Gasteiger partial charge in [0.2, 0.25) is 11.8 Å². The average molecular weight is 306 g/mol. The van der Waals surface area contributed by atoms with Crippen LogP contribution in [-0.2, 0) is 16.0 Å². The van der Waals surface area contributed by atoms with Gasteiger partial charge in [-0.1, -0.05) is 12.1 Å². The Morgan fingerprint density at radius 3 is 2.91 bits per heavy atom. The van der Waals surface area contributed by atoms with Crippen LogP contribution in [0.15, 0.2) is 28.7 Å². The molecule has 0 saturated carbocycles. The zero-order valence-corrected chi connectivity index (χ0v) is 12.7. The summed E-state index contributed by atoms with van der Waals surface area (Å²) in [5.74, 6) is 0.162. The van der Waals surface area contributed by atoms with E-state index in [1.54, 1.807) is 32.2 Å². The Morgan fingerprint density at radius 2 is 2.18 bits per heavy atom. The molecule has 1 aromatic carbocycles. The van der Waals surface area contributed by atoms with Crippen LogP contribution >= 0.6 is 0 Å². The molecule has 0 bridgehead atoms. The van der Waals surface area contributed by atoms with Crippen LogP contribution < -0.4 is 5.32 Å². The summed E-state index contributed by atoms with van der Waals surface area (Å²) < 4.78 is 24.1. The van der Waals surface area contributed by atoms with Gasteiger partial charge in [-0.25, -0.2) is 9.37 Å². The number of rotatable bonds is 7. The highest BCUT2D eigenvalue weighted by atomic mass is 19.1. The number of aryl methyl sites for hydroxylation is 1. The molecule has 22 heavy (non-hydrogen) atoms. The Bertz CT molecular complexity index is 640. The first-order valence-corrected chi connectivity index (χ1v) is 7.08. The largest absolute Gasteiger partial charge is 0.441 e. The first-order valence-electron chi connectivity index (χ1n) is 7.08. The maximum absolute atomic E-state index is 13.7. The van der Waals surface area contributed by atoms with Crippen molar-refractivity contribution in [2.75, 3.05) is 20.3 Å². The third-order valence-corrected chi connectivity index (χ3v) is 3.17. The number of hydrogen-bond acceptors (Lipinski definition) is 4. The van der Waals surface area contributed by atoms with E-state index in [1.807, 2.05) is 0 Å². The van der Waals surface area contributed by atoms with Gasteiger partial charge in [0.25, 0.3) is 0 Å². The highest BCUT2D eigenvalue weighted by Gasteiger charge is 2.16. The standard InChI is InChI=1S/C16H19FN2O3/c1-11-14(10-15(20)18-8-5-9-21-2)19-16(22-11)12-6-3-4-7-13(12)17/h3-4,6-7H,5,8-10H2,1-2H3,(H,18,20). The molecule has 2 rings (SSSR count). The molecule has 0 aliphatic rings. The van der Waals surface area contributed by atoms with E-state index in [-0.39, 0.29) is 23.8 Å². The van der Waals surface area contributed by atoms with Crippen LogP contribution in [-0.4, -0.2) is 31.2 Å². The SMILES string of the molecule is COCCCNC(=O)Cc1nc(-c2ccccc2F)oc1C. The number of nitrogens with one attached hydrogen (secondary N) is 1. The van der Waals surface area contributed by atoms with Crippen molar-refractivity contribution < 1.29 is 18.3 Å². The van der Waals surface area contributed by atoms with Crippen LogP contribution in [0, 0.1) is 12.7 Å². The highest BCUT2D eigenvalue weighted by molar-refractivity contribution is 5.78. The molecular weight excluding hydrogens is 287 g/mol. The molecule has 0 fully saturated rings. The molecule has 0 aliphatic heterocycles. The Hall–Kier alpha value is -2.21. The van der Waals surface area contributed by atoms with Gasteiger partial charge in [-0.2, -0.15) is 0 Å². The lowest BCUT2D eigenvalue weighted by Crippen LogP contribution is -2.27. The topological polar surface area (TPSA) is 64.4 Å². The van der Waals surface area contributed by atoms with E-state index in [2.05, 4.69) is 10.3 Å². The Labute approximate surface area is 128 Å². The lowest BCUT2D eigenvalue weighted by Gasteiger charge is -2.03. The minimum Gasteiger partial charge on any atom is -0.441 e. The van der Waals surface area contributed by atoms with Gasteiger partial charge in [-0.3, -0.25) is 4.79 Å². The molecule has 0 atom stereocenters. The number of carbonyl (C=O) groups is 1. The van der Waals surface area contributed by atoms with Gasteiger partial charge in [0.1, 0.15) is 11.6 Å². The second-order valence-electron chi connectivity index (χ2n) is 4.87. The van der Waals surface area contributed by atoms with Crippen molar-refractivity contribution in [3.63, 3.8) is 0 Å². The number of amides is 1. The summed E-state index contributed by atoms with van der Waals surface area (Å²) in [5, 5.41) is 2.78. The molecule has 0 radical (unpaired) electrons.